The van der Waals surface area contributed by atoms with Crippen molar-refractivity contribution in [1.82, 2.24) is 25.2 Å². The summed E-state index contributed by atoms with van der Waals surface area (Å²) in [6, 6.07) is 14.4. The van der Waals surface area contributed by atoms with Crippen molar-refractivity contribution in [3.05, 3.63) is 70.5 Å². The Morgan fingerprint density at radius 3 is 2.71 bits per heavy atom. The molecule has 0 radical (unpaired) electrons. The molecule has 0 unspecified atom stereocenters. The van der Waals surface area contributed by atoms with Crippen LogP contribution >= 0.6 is 0 Å². The summed E-state index contributed by atoms with van der Waals surface area (Å²) in [4.78, 5) is 16.7. The van der Waals surface area contributed by atoms with Crippen LogP contribution in [0.25, 0.3) is 5.69 Å². The molecule has 1 saturated heterocycles. The number of rotatable bonds is 9. The third-order valence-electron chi connectivity index (χ3n) is 6.44. The number of hydrogen-bond donors (Lipinski definition) is 1. The van der Waals surface area contributed by atoms with Gasteiger partial charge < -0.3 is 14.8 Å². The fourth-order valence-electron chi connectivity index (χ4n) is 4.35. The first-order valence-electron chi connectivity index (χ1n) is 12.2. The van der Waals surface area contributed by atoms with Crippen molar-refractivity contribution in [2.45, 2.75) is 46.2 Å². The third-order valence-corrected chi connectivity index (χ3v) is 6.44. The molecule has 1 amide bonds. The van der Waals surface area contributed by atoms with E-state index in [2.05, 4.69) is 33.5 Å². The predicted molar refractivity (Wildman–Crippen MR) is 135 cm³/mol. The number of carbonyl (C=O) groups is 1. The number of hydrogen-bond acceptors (Lipinski definition) is 6. The van der Waals surface area contributed by atoms with Crippen molar-refractivity contribution in [1.29, 1.82) is 0 Å². The molecule has 8 heteroatoms. The molecule has 0 aliphatic carbocycles. The fraction of sp³-hybridized carbons (Fsp3) is 0.444. The van der Waals surface area contributed by atoms with E-state index >= 15 is 0 Å². The van der Waals surface area contributed by atoms with E-state index in [0.29, 0.717) is 30.6 Å². The molecule has 8 nitrogen and oxygen atoms in total. The van der Waals surface area contributed by atoms with Gasteiger partial charge in [-0.25, -0.2) is 0 Å². The molecule has 1 aliphatic rings. The smallest absolute Gasteiger partial charge is 0.274 e. The molecule has 35 heavy (non-hydrogen) atoms. The number of aryl methyl sites for hydroxylation is 3. The zero-order valence-corrected chi connectivity index (χ0v) is 21.1. The van der Waals surface area contributed by atoms with E-state index in [0.717, 1.165) is 55.2 Å². The zero-order valence-electron chi connectivity index (χ0n) is 21.1. The molecule has 2 aromatic carbocycles. The van der Waals surface area contributed by atoms with Crippen LogP contribution in [0.4, 0.5) is 0 Å². The molecule has 0 bridgehead atoms. The summed E-state index contributed by atoms with van der Waals surface area (Å²) < 4.78 is 11.4. The second-order valence-electron chi connectivity index (χ2n) is 9.22. The Kier molecular flexibility index (Phi) is 8.15. The normalized spacial score (nSPS) is 14.3. The number of amides is 1. The Morgan fingerprint density at radius 2 is 1.94 bits per heavy atom. The van der Waals surface area contributed by atoms with Gasteiger partial charge in [0.1, 0.15) is 12.4 Å². The van der Waals surface area contributed by atoms with Crippen LogP contribution in [0.1, 0.15) is 45.7 Å². The minimum Gasteiger partial charge on any atom is -0.492 e. The Hall–Kier alpha value is -3.23. The van der Waals surface area contributed by atoms with E-state index in [9.17, 15) is 4.79 Å². The maximum atomic E-state index is 12.8. The molecule has 0 atom stereocenters. The number of ether oxygens (including phenoxy) is 2. The lowest BCUT2D eigenvalue weighted by atomic mass is 10.1. The molecule has 186 valence electrons. The average Bonchev–Trinajstić information content (AvgIpc) is 3.24. The van der Waals surface area contributed by atoms with Gasteiger partial charge in [-0.3, -0.25) is 9.69 Å². The summed E-state index contributed by atoms with van der Waals surface area (Å²) in [6.45, 7) is 9.39. The predicted octanol–water partition coefficient (Wildman–Crippen LogP) is 3.61. The van der Waals surface area contributed by atoms with Crippen LogP contribution in [0.5, 0.6) is 5.75 Å². The number of carbonyl (C=O) groups excluding carboxylic acids is 1. The molecule has 1 fully saturated rings. The number of nitrogens with zero attached hydrogens (tertiary/aromatic N) is 4. The number of aromatic nitrogens is 3. The van der Waals surface area contributed by atoms with E-state index in [-0.39, 0.29) is 5.91 Å². The topological polar surface area (TPSA) is 81.5 Å². The summed E-state index contributed by atoms with van der Waals surface area (Å²) in [5, 5.41) is 11.9. The van der Waals surface area contributed by atoms with Crippen LogP contribution in [0.15, 0.2) is 42.5 Å². The Labute approximate surface area is 207 Å². The quantitative estimate of drug-likeness (QED) is 0.507. The first-order chi connectivity index (χ1) is 16.9. The van der Waals surface area contributed by atoms with Gasteiger partial charge in [-0.1, -0.05) is 29.8 Å². The van der Waals surface area contributed by atoms with Crippen LogP contribution in [0.2, 0.25) is 0 Å². The van der Waals surface area contributed by atoms with Gasteiger partial charge in [0.05, 0.1) is 11.4 Å². The standard InChI is InChI=1S/C27H35N5O3/c1-19-8-9-25(20(2)16-19)32-29-21(3)26(30-32)27(33)28-18-22-6-5-7-24(17-22)35-15-12-31(4)23-10-13-34-14-11-23/h5-9,16-17,23H,10-15,18H2,1-4H3,(H,28,33). The highest BCUT2D eigenvalue weighted by molar-refractivity contribution is 5.93. The molecular formula is C27H35N5O3. The largest absolute Gasteiger partial charge is 0.492 e. The van der Waals surface area contributed by atoms with Gasteiger partial charge in [-0.2, -0.15) is 9.90 Å². The van der Waals surface area contributed by atoms with Crippen LogP contribution in [0, 0.1) is 20.8 Å². The van der Waals surface area contributed by atoms with Crippen molar-refractivity contribution >= 4 is 5.91 Å². The lowest BCUT2D eigenvalue weighted by Gasteiger charge is -2.31. The van der Waals surface area contributed by atoms with Gasteiger partial charge in [0.25, 0.3) is 5.91 Å². The Bertz CT molecular complexity index is 1150. The summed E-state index contributed by atoms with van der Waals surface area (Å²) in [5.41, 5.74) is 4.98. The van der Waals surface area contributed by atoms with E-state index in [1.807, 2.05) is 50.2 Å². The monoisotopic (exact) mass is 477 g/mol. The molecule has 0 saturated carbocycles. The molecule has 1 aromatic heterocycles. The third kappa shape index (κ3) is 6.46. The lowest BCUT2D eigenvalue weighted by molar-refractivity contribution is 0.0392. The number of benzene rings is 2. The van der Waals surface area contributed by atoms with Crippen molar-refractivity contribution in [3.63, 3.8) is 0 Å². The highest BCUT2D eigenvalue weighted by Crippen LogP contribution is 2.17. The van der Waals surface area contributed by atoms with E-state index < -0.39 is 0 Å². The second kappa shape index (κ2) is 11.5. The Balaban J connectivity index is 1.30. The maximum Gasteiger partial charge on any atom is 0.274 e. The van der Waals surface area contributed by atoms with Crippen molar-refractivity contribution in [2.75, 3.05) is 33.4 Å². The van der Waals surface area contributed by atoms with Crippen LogP contribution in [-0.2, 0) is 11.3 Å². The van der Waals surface area contributed by atoms with Gasteiger partial charge in [-0.05, 0) is 70.0 Å². The molecule has 1 N–H and O–H groups in total. The van der Waals surface area contributed by atoms with Gasteiger partial charge in [-0.15, -0.1) is 5.10 Å². The number of nitrogens with one attached hydrogen (secondary N) is 1. The molecular weight excluding hydrogens is 442 g/mol. The Morgan fingerprint density at radius 1 is 1.14 bits per heavy atom. The van der Waals surface area contributed by atoms with E-state index in [1.165, 1.54) is 10.4 Å². The molecule has 3 aromatic rings. The fourth-order valence-corrected chi connectivity index (χ4v) is 4.35. The van der Waals surface area contributed by atoms with Gasteiger partial charge in [0.2, 0.25) is 0 Å². The van der Waals surface area contributed by atoms with Crippen molar-refractivity contribution < 1.29 is 14.3 Å². The molecule has 4 rings (SSSR count). The van der Waals surface area contributed by atoms with Gasteiger partial charge >= 0.3 is 0 Å². The van der Waals surface area contributed by atoms with E-state index in [1.54, 1.807) is 6.92 Å². The molecule has 2 heterocycles. The van der Waals surface area contributed by atoms with Crippen LogP contribution in [0.3, 0.4) is 0 Å². The average molecular weight is 478 g/mol. The molecule has 0 spiro atoms. The SMILES string of the molecule is Cc1ccc(-n2nc(C)c(C(=O)NCc3cccc(OCCN(C)C4CCOCC4)c3)n2)c(C)c1. The minimum atomic E-state index is -0.247. The summed E-state index contributed by atoms with van der Waals surface area (Å²) in [6.07, 6.45) is 2.15. The lowest BCUT2D eigenvalue weighted by Crippen LogP contribution is -2.38. The first-order valence-corrected chi connectivity index (χ1v) is 12.2. The summed E-state index contributed by atoms with van der Waals surface area (Å²) >= 11 is 0. The van der Waals surface area contributed by atoms with E-state index in [4.69, 9.17) is 9.47 Å². The highest BCUT2D eigenvalue weighted by atomic mass is 16.5. The summed E-state index contributed by atoms with van der Waals surface area (Å²) in [5.74, 6) is 0.553. The second-order valence-corrected chi connectivity index (χ2v) is 9.22. The number of likely N-dealkylation sites (N-methyl/N-ethyl adjacent to an activating group) is 1. The zero-order chi connectivity index (χ0) is 24.8. The van der Waals surface area contributed by atoms with Crippen molar-refractivity contribution in [2.24, 2.45) is 0 Å². The highest BCUT2D eigenvalue weighted by Gasteiger charge is 2.19. The first kappa shape index (κ1) is 24.9. The minimum absolute atomic E-state index is 0.247. The molecule has 1 aliphatic heterocycles. The van der Waals surface area contributed by atoms with Gasteiger partial charge in [0, 0.05) is 32.3 Å². The van der Waals surface area contributed by atoms with Gasteiger partial charge in [0.15, 0.2) is 5.69 Å². The maximum absolute atomic E-state index is 12.8. The van der Waals surface area contributed by atoms with Crippen LogP contribution in [-0.4, -0.2) is 65.3 Å². The summed E-state index contributed by atoms with van der Waals surface area (Å²) in [7, 11) is 2.14. The van der Waals surface area contributed by atoms with Crippen molar-refractivity contribution in [3.8, 4) is 11.4 Å². The van der Waals surface area contributed by atoms with Crippen LogP contribution < -0.4 is 10.1 Å².